The average molecular weight is 255 g/mol. The molecule has 0 saturated heterocycles. The van der Waals surface area contributed by atoms with E-state index >= 15 is 0 Å². The van der Waals surface area contributed by atoms with E-state index in [-0.39, 0.29) is 36.9 Å². The van der Waals surface area contributed by atoms with Crippen LogP contribution < -0.4 is 5.43 Å². The second-order valence-corrected chi connectivity index (χ2v) is 4.57. The molecular formula is C11H17N3O4. The molecule has 2 amide bonds. The van der Waals surface area contributed by atoms with E-state index in [1.165, 1.54) is 4.90 Å². The predicted octanol–water partition coefficient (Wildman–Crippen LogP) is -0.178. The Morgan fingerprint density at radius 1 is 1.44 bits per heavy atom. The summed E-state index contributed by atoms with van der Waals surface area (Å²) in [5, 5.41) is 12.5. The van der Waals surface area contributed by atoms with Crippen LogP contribution in [0.5, 0.6) is 0 Å². The van der Waals surface area contributed by atoms with Crippen LogP contribution in [0.15, 0.2) is 5.10 Å². The molecule has 0 aliphatic carbocycles. The van der Waals surface area contributed by atoms with Gasteiger partial charge in [-0.15, -0.1) is 0 Å². The summed E-state index contributed by atoms with van der Waals surface area (Å²) in [6.07, 6.45) is 0.450. The molecule has 0 aromatic heterocycles. The highest BCUT2D eigenvalue weighted by Gasteiger charge is 2.25. The third-order valence-electron chi connectivity index (χ3n) is 2.35. The lowest BCUT2D eigenvalue weighted by molar-refractivity contribution is -0.142. The van der Waals surface area contributed by atoms with Crippen molar-refractivity contribution in [1.29, 1.82) is 0 Å². The number of nitrogens with one attached hydrogen (secondary N) is 1. The van der Waals surface area contributed by atoms with Gasteiger partial charge >= 0.3 is 5.97 Å². The van der Waals surface area contributed by atoms with E-state index in [4.69, 9.17) is 5.11 Å². The van der Waals surface area contributed by atoms with E-state index in [1.54, 1.807) is 0 Å². The van der Waals surface area contributed by atoms with Gasteiger partial charge in [-0.25, -0.2) is 5.43 Å². The fraction of sp³-hybridized carbons (Fsp3) is 0.636. The van der Waals surface area contributed by atoms with Crippen LogP contribution >= 0.6 is 0 Å². The van der Waals surface area contributed by atoms with E-state index in [9.17, 15) is 14.4 Å². The number of aliphatic carboxylic acids is 1. The number of amides is 2. The number of carbonyl (C=O) groups is 3. The van der Waals surface area contributed by atoms with Crippen LogP contribution in [0.3, 0.4) is 0 Å². The van der Waals surface area contributed by atoms with Gasteiger partial charge in [0.1, 0.15) is 12.3 Å². The Morgan fingerprint density at radius 3 is 2.56 bits per heavy atom. The minimum atomic E-state index is -1.07. The van der Waals surface area contributed by atoms with E-state index < -0.39 is 11.9 Å². The first-order chi connectivity index (χ1) is 8.40. The van der Waals surface area contributed by atoms with Crippen molar-refractivity contribution in [3.8, 4) is 0 Å². The van der Waals surface area contributed by atoms with Crippen molar-refractivity contribution in [2.75, 3.05) is 13.1 Å². The number of nitrogens with zero attached hydrogens (tertiary/aromatic N) is 2. The smallest absolute Gasteiger partial charge is 0.323 e. The molecule has 1 aliphatic heterocycles. The second kappa shape index (κ2) is 6.13. The number of hydrogen-bond acceptors (Lipinski definition) is 4. The molecular weight excluding hydrogens is 238 g/mol. The summed E-state index contributed by atoms with van der Waals surface area (Å²) < 4.78 is 0. The highest BCUT2D eigenvalue weighted by Crippen LogP contribution is 2.06. The van der Waals surface area contributed by atoms with Crippen molar-refractivity contribution in [3.63, 3.8) is 0 Å². The quantitative estimate of drug-likeness (QED) is 0.712. The topological polar surface area (TPSA) is 99.1 Å². The summed E-state index contributed by atoms with van der Waals surface area (Å²) >= 11 is 0. The van der Waals surface area contributed by atoms with Gasteiger partial charge in [0.25, 0.3) is 5.91 Å². The first-order valence-electron chi connectivity index (χ1n) is 5.76. The molecule has 0 saturated carbocycles. The van der Waals surface area contributed by atoms with Gasteiger partial charge in [-0.05, 0) is 5.92 Å². The summed E-state index contributed by atoms with van der Waals surface area (Å²) in [5.74, 6) is -1.57. The Labute approximate surface area is 105 Å². The van der Waals surface area contributed by atoms with E-state index in [1.807, 2.05) is 13.8 Å². The molecule has 100 valence electrons. The van der Waals surface area contributed by atoms with Crippen LogP contribution in [0.4, 0.5) is 0 Å². The summed E-state index contributed by atoms with van der Waals surface area (Å²) in [4.78, 5) is 34.9. The zero-order valence-corrected chi connectivity index (χ0v) is 10.5. The van der Waals surface area contributed by atoms with Crippen molar-refractivity contribution in [1.82, 2.24) is 10.3 Å². The van der Waals surface area contributed by atoms with Crippen LogP contribution in [0.25, 0.3) is 0 Å². The third kappa shape index (κ3) is 4.15. The molecule has 0 unspecified atom stereocenters. The Bertz CT molecular complexity index is 390. The molecule has 1 aliphatic rings. The van der Waals surface area contributed by atoms with Gasteiger partial charge in [0.15, 0.2) is 0 Å². The largest absolute Gasteiger partial charge is 0.480 e. The third-order valence-corrected chi connectivity index (χ3v) is 2.35. The van der Waals surface area contributed by atoms with E-state index in [0.717, 1.165) is 0 Å². The monoisotopic (exact) mass is 255 g/mol. The van der Waals surface area contributed by atoms with Gasteiger partial charge in [0.2, 0.25) is 5.91 Å². The van der Waals surface area contributed by atoms with Crippen LogP contribution in [-0.4, -0.2) is 46.6 Å². The average Bonchev–Trinajstić information content (AvgIpc) is 2.27. The highest BCUT2D eigenvalue weighted by atomic mass is 16.4. The van der Waals surface area contributed by atoms with E-state index in [2.05, 4.69) is 10.5 Å². The standard InChI is InChI=1S/C11H17N3O4/c1-7(2)5-14(6-10(16)17)11(18)8-3-4-9(15)13-12-8/h7H,3-6H2,1-2H3,(H,13,15)(H,16,17). The zero-order chi connectivity index (χ0) is 13.7. The Hall–Kier alpha value is -1.92. The van der Waals surface area contributed by atoms with Crippen LogP contribution in [0, 0.1) is 5.92 Å². The number of carboxylic acid groups (broad SMARTS) is 1. The molecule has 0 fully saturated rings. The predicted molar refractivity (Wildman–Crippen MR) is 63.9 cm³/mol. The van der Waals surface area contributed by atoms with Gasteiger partial charge in [0.05, 0.1) is 0 Å². The number of hydrazone groups is 1. The Kier molecular flexibility index (Phi) is 4.82. The molecule has 2 N–H and O–H groups in total. The fourth-order valence-corrected chi connectivity index (χ4v) is 1.63. The molecule has 7 nitrogen and oxygen atoms in total. The minimum absolute atomic E-state index is 0.159. The lowest BCUT2D eigenvalue weighted by atomic mass is 10.1. The van der Waals surface area contributed by atoms with Gasteiger partial charge in [-0.3, -0.25) is 14.4 Å². The summed E-state index contributed by atoms with van der Waals surface area (Å²) in [5.41, 5.74) is 2.43. The first-order valence-corrected chi connectivity index (χ1v) is 5.76. The number of rotatable bonds is 5. The molecule has 0 radical (unpaired) electrons. The maximum absolute atomic E-state index is 12.1. The number of carboxylic acids is 1. The van der Waals surface area contributed by atoms with E-state index in [0.29, 0.717) is 6.54 Å². The van der Waals surface area contributed by atoms with Crippen LogP contribution in [0.1, 0.15) is 26.7 Å². The van der Waals surface area contributed by atoms with Gasteiger partial charge in [0, 0.05) is 19.4 Å². The highest BCUT2D eigenvalue weighted by molar-refractivity contribution is 6.39. The lowest BCUT2D eigenvalue weighted by Crippen LogP contribution is -2.44. The van der Waals surface area contributed by atoms with Gasteiger partial charge < -0.3 is 10.0 Å². The van der Waals surface area contributed by atoms with Crippen molar-refractivity contribution in [3.05, 3.63) is 0 Å². The Balaban J connectivity index is 2.75. The summed E-state index contributed by atoms with van der Waals surface area (Å²) in [7, 11) is 0. The SMILES string of the molecule is CC(C)CN(CC(=O)O)C(=O)C1=NNC(=O)CC1. The van der Waals surface area contributed by atoms with Crippen molar-refractivity contribution in [2.45, 2.75) is 26.7 Å². The molecule has 0 spiro atoms. The maximum Gasteiger partial charge on any atom is 0.323 e. The first kappa shape index (κ1) is 14.1. The maximum atomic E-state index is 12.1. The molecule has 0 atom stereocenters. The Morgan fingerprint density at radius 2 is 2.11 bits per heavy atom. The number of carbonyl (C=O) groups excluding carboxylic acids is 2. The van der Waals surface area contributed by atoms with Crippen LogP contribution in [-0.2, 0) is 14.4 Å². The molecule has 1 rings (SSSR count). The molecule has 1 heterocycles. The van der Waals surface area contributed by atoms with Crippen molar-refractivity contribution >= 4 is 23.5 Å². The number of hydrogen-bond donors (Lipinski definition) is 2. The van der Waals surface area contributed by atoms with Crippen molar-refractivity contribution in [2.24, 2.45) is 11.0 Å². The molecule has 0 aromatic rings. The van der Waals surface area contributed by atoms with Crippen LogP contribution in [0.2, 0.25) is 0 Å². The van der Waals surface area contributed by atoms with Crippen molar-refractivity contribution < 1.29 is 19.5 Å². The molecule has 0 aromatic carbocycles. The molecule has 18 heavy (non-hydrogen) atoms. The van der Waals surface area contributed by atoms with Gasteiger partial charge in [-0.1, -0.05) is 13.8 Å². The normalized spacial score (nSPS) is 15.1. The van der Waals surface area contributed by atoms with Gasteiger partial charge in [-0.2, -0.15) is 5.10 Å². The summed E-state index contributed by atoms with van der Waals surface area (Å²) in [6, 6.07) is 0. The fourth-order valence-electron chi connectivity index (χ4n) is 1.63. The summed E-state index contributed by atoms with van der Waals surface area (Å²) in [6.45, 7) is 3.78. The lowest BCUT2D eigenvalue weighted by Gasteiger charge is -2.24. The zero-order valence-electron chi connectivity index (χ0n) is 10.5. The molecule has 7 heteroatoms. The molecule has 0 bridgehead atoms. The minimum Gasteiger partial charge on any atom is -0.480 e. The second-order valence-electron chi connectivity index (χ2n) is 4.57.